The molecule has 22 heavy (non-hydrogen) atoms. The average molecular weight is 302 g/mol. The molecule has 1 saturated carbocycles. The Morgan fingerprint density at radius 2 is 1.86 bits per heavy atom. The van der Waals surface area contributed by atoms with Gasteiger partial charge in [-0.05, 0) is 43.0 Å². The van der Waals surface area contributed by atoms with Crippen molar-refractivity contribution in [1.82, 2.24) is 10.2 Å². The molecule has 1 aromatic rings. The van der Waals surface area contributed by atoms with Gasteiger partial charge in [-0.3, -0.25) is 4.99 Å². The third-order valence-corrected chi connectivity index (χ3v) is 4.47. The number of benzene rings is 1. The number of nitrogens with zero attached hydrogens (tertiary/aromatic N) is 3. The van der Waals surface area contributed by atoms with Crippen LogP contribution in [-0.4, -0.2) is 57.7 Å². The van der Waals surface area contributed by atoms with E-state index in [1.54, 1.807) is 7.11 Å². The molecule has 0 spiro atoms. The molecule has 1 aliphatic carbocycles. The Morgan fingerprint density at radius 3 is 2.41 bits per heavy atom. The molecule has 0 unspecified atom stereocenters. The van der Waals surface area contributed by atoms with Crippen LogP contribution in [0, 0.1) is 5.92 Å². The molecule has 0 amide bonds. The zero-order valence-corrected chi connectivity index (χ0v) is 13.6. The first-order chi connectivity index (χ1) is 10.8. The molecule has 0 radical (unpaired) electrons. The lowest BCUT2D eigenvalue weighted by Crippen LogP contribution is -2.52. The van der Waals surface area contributed by atoms with E-state index < -0.39 is 0 Å². The van der Waals surface area contributed by atoms with Gasteiger partial charge in [0, 0.05) is 45.5 Å². The highest BCUT2D eigenvalue weighted by Crippen LogP contribution is 2.27. The fourth-order valence-electron chi connectivity index (χ4n) is 2.86. The quantitative estimate of drug-likeness (QED) is 0.680. The lowest BCUT2D eigenvalue weighted by Gasteiger charge is -2.37. The minimum absolute atomic E-state index is 0.873. The Bertz CT molecular complexity index is 502. The van der Waals surface area contributed by atoms with Crippen molar-refractivity contribution in [2.24, 2.45) is 10.9 Å². The van der Waals surface area contributed by atoms with Crippen LogP contribution < -0.4 is 15.0 Å². The van der Waals surface area contributed by atoms with E-state index in [1.807, 2.05) is 19.2 Å². The van der Waals surface area contributed by atoms with Crippen LogP contribution in [0.3, 0.4) is 0 Å². The van der Waals surface area contributed by atoms with E-state index >= 15 is 0 Å². The molecule has 1 heterocycles. The van der Waals surface area contributed by atoms with E-state index in [0.29, 0.717) is 0 Å². The maximum atomic E-state index is 5.22. The summed E-state index contributed by atoms with van der Waals surface area (Å²) in [5.41, 5.74) is 1.27. The minimum atomic E-state index is 0.873. The fraction of sp³-hybridized carbons (Fsp3) is 0.588. The molecule has 0 bridgehead atoms. The van der Waals surface area contributed by atoms with Gasteiger partial charge in [0.2, 0.25) is 0 Å². The Kier molecular flexibility index (Phi) is 4.71. The molecular formula is C17H26N4O. The molecular weight excluding hydrogens is 276 g/mol. The second-order valence-corrected chi connectivity index (χ2v) is 6.04. The summed E-state index contributed by atoms with van der Waals surface area (Å²) in [5, 5.41) is 3.51. The van der Waals surface area contributed by atoms with Crippen LogP contribution in [0.15, 0.2) is 29.3 Å². The Balaban J connectivity index is 1.52. The van der Waals surface area contributed by atoms with Gasteiger partial charge in [0.25, 0.3) is 0 Å². The third-order valence-electron chi connectivity index (χ3n) is 4.47. The van der Waals surface area contributed by atoms with Crippen LogP contribution in [0.5, 0.6) is 5.75 Å². The highest BCUT2D eigenvalue weighted by atomic mass is 16.5. The summed E-state index contributed by atoms with van der Waals surface area (Å²) in [7, 11) is 3.58. The van der Waals surface area contributed by atoms with Gasteiger partial charge >= 0.3 is 0 Å². The van der Waals surface area contributed by atoms with Crippen LogP contribution in [0.1, 0.15) is 12.8 Å². The summed E-state index contributed by atoms with van der Waals surface area (Å²) in [4.78, 5) is 9.21. The van der Waals surface area contributed by atoms with Crippen LogP contribution in [0.2, 0.25) is 0 Å². The summed E-state index contributed by atoms with van der Waals surface area (Å²) in [6.07, 6.45) is 2.74. The SMILES string of the molecule is CN=C(NCC1CC1)N1CCN(c2ccc(OC)cc2)CC1. The van der Waals surface area contributed by atoms with Crippen LogP contribution in [-0.2, 0) is 0 Å². The van der Waals surface area contributed by atoms with Crippen LogP contribution in [0.25, 0.3) is 0 Å². The minimum Gasteiger partial charge on any atom is -0.497 e. The van der Waals surface area contributed by atoms with Crippen molar-refractivity contribution in [2.75, 3.05) is 51.8 Å². The zero-order valence-electron chi connectivity index (χ0n) is 13.6. The van der Waals surface area contributed by atoms with Gasteiger partial charge in [-0.2, -0.15) is 0 Å². The van der Waals surface area contributed by atoms with E-state index in [2.05, 4.69) is 32.2 Å². The molecule has 0 atom stereocenters. The third kappa shape index (κ3) is 3.64. The van der Waals surface area contributed by atoms with Crippen LogP contribution >= 0.6 is 0 Å². The summed E-state index contributed by atoms with van der Waals surface area (Å²) >= 11 is 0. The predicted molar refractivity (Wildman–Crippen MR) is 90.9 cm³/mol. The maximum absolute atomic E-state index is 5.22. The van der Waals surface area contributed by atoms with E-state index in [9.17, 15) is 0 Å². The highest BCUT2D eigenvalue weighted by Gasteiger charge is 2.24. The van der Waals surface area contributed by atoms with E-state index in [-0.39, 0.29) is 0 Å². The Labute approximate surface area is 133 Å². The zero-order chi connectivity index (χ0) is 15.4. The Morgan fingerprint density at radius 1 is 1.18 bits per heavy atom. The molecule has 1 saturated heterocycles. The van der Waals surface area contributed by atoms with Crippen molar-refractivity contribution in [3.63, 3.8) is 0 Å². The first-order valence-corrected chi connectivity index (χ1v) is 8.14. The summed E-state index contributed by atoms with van der Waals surface area (Å²) < 4.78 is 5.22. The van der Waals surface area contributed by atoms with E-state index in [1.165, 1.54) is 18.5 Å². The lowest BCUT2D eigenvalue weighted by molar-refractivity contribution is 0.372. The molecule has 0 aromatic heterocycles. The molecule has 5 heteroatoms. The molecule has 2 aliphatic rings. The number of guanidine groups is 1. The molecule has 120 valence electrons. The van der Waals surface area contributed by atoms with Gasteiger partial charge in [0.1, 0.15) is 5.75 Å². The number of hydrogen-bond acceptors (Lipinski definition) is 3. The largest absolute Gasteiger partial charge is 0.497 e. The molecule has 5 nitrogen and oxygen atoms in total. The fourth-order valence-corrected chi connectivity index (χ4v) is 2.86. The van der Waals surface area contributed by atoms with Crippen molar-refractivity contribution in [2.45, 2.75) is 12.8 Å². The molecule has 3 rings (SSSR count). The van der Waals surface area contributed by atoms with Crippen molar-refractivity contribution in [1.29, 1.82) is 0 Å². The van der Waals surface area contributed by atoms with Crippen molar-refractivity contribution in [3.05, 3.63) is 24.3 Å². The number of anilines is 1. The summed E-state index contributed by atoms with van der Waals surface area (Å²) in [6.45, 7) is 5.14. The van der Waals surface area contributed by atoms with Crippen molar-refractivity contribution in [3.8, 4) is 5.75 Å². The van der Waals surface area contributed by atoms with Gasteiger partial charge in [0.05, 0.1) is 7.11 Å². The average Bonchev–Trinajstić information content (AvgIpc) is 3.40. The van der Waals surface area contributed by atoms with Gasteiger partial charge in [-0.1, -0.05) is 0 Å². The highest BCUT2D eigenvalue weighted by molar-refractivity contribution is 5.80. The van der Waals surface area contributed by atoms with Crippen molar-refractivity contribution >= 4 is 11.6 Å². The maximum Gasteiger partial charge on any atom is 0.193 e. The standard InChI is InChI=1S/C17H26N4O/c1-18-17(19-13-14-3-4-14)21-11-9-20(10-12-21)15-5-7-16(22-2)8-6-15/h5-8,14H,3-4,9-13H2,1-2H3,(H,18,19). The summed E-state index contributed by atoms with van der Waals surface area (Å²) in [6, 6.07) is 8.32. The van der Waals surface area contributed by atoms with Gasteiger partial charge in [-0.15, -0.1) is 0 Å². The van der Waals surface area contributed by atoms with Gasteiger partial charge in [-0.25, -0.2) is 0 Å². The molecule has 2 fully saturated rings. The number of aliphatic imine (C=N–C) groups is 1. The smallest absolute Gasteiger partial charge is 0.193 e. The molecule has 1 aromatic carbocycles. The second-order valence-electron chi connectivity index (χ2n) is 6.04. The van der Waals surface area contributed by atoms with Gasteiger partial charge in [0.15, 0.2) is 5.96 Å². The molecule has 1 N–H and O–H groups in total. The normalized spacial score (nSPS) is 19.3. The second kappa shape index (κ2) is 6.90. The number of methoxy groups -OCH3 is 1. The monoisotopic (exact) mass is 302 g/mol. The first-order valence-electron chi connectivity index (χ1n) is 8.14. The lowest BCUT2D eigenvalue weighted by atomic mass is 10.2. The number of rotatable bonds is 4. The van der Waals surface area contributed by atoms with Gasteiger partial charge < -0.3 is 19.9 Å². The number of nitrogens with one attached hydrogen (secondary N) is 1. The Hall–Kier alpha value is -1.91. The predicted octanol–water partition coefficient (Wildman–Crippen LogP) is 1.80. The first kappa shape index (κ1) is 15.0. The topological polar surface area (TPSA) is 40.1 Å². The number of piperazine rings is 1. The molecule has 1 aliphatic heterocycles. The number of hydrogen-bond donors (Lipinski definition) is 1. The van der Waals surface area contributed by atoms with Crippen LogP contribution in [0.4, 0.5) is 5.69 Å². The summed E-state index contributed by atoms with van der Waals surface area (Å²) in [5.74, 6) is 2.84. The van der Waals surface area contributed by atoms with Crippen molar-refractivity contribution < 1.29 is 4.74 Å². The van der Waals surface area contributed by atoms with E-state index in [4.69, 9.17) is 4.74 Å². The number of ether oxygens (including phenoxy) is 1. The van der Waals surface area contributed by atoms with E-state index in [0.717, 1.165) is 50.4 Å².